The summed E-state index contributed by atoms with van der Waals surface area (Å²) in [6.07, 6.45) is 6.04. The van der Waals surface area contributed by atoms with E-state index in [2.05, 4.69) is 30.4 Å². The van der Waals surface area contributed by atoms with Gasteiger partial charge in [-0.1, -0.05) is 13.8 Å². The van der Waals surface area contributed by atoms with E-state index < -0.39 is 0 Å². The van der Waals surface area contributed by atoms with Gasteiger partial charge in [0.05, 0.1) is 0 Å². The van der Waals surface area contributed by atoms with E-state index in [-0.39, 0.29) is 0 Å². The van der Waals surface area contributed by atoms with Crippen molar-refractivity contribution in [1.29, 1.82) is 0 Å². The molecule has 0 fully saturated rings. The van der Waals surface area contributed by atoms with Gasteiger partial charge in [0.15, 0.2) is 0 Å². The van der Waals surface area contributed by atoms with Crippen molar-refractivity contribution in [3.05, 3.63) is 35.8 Å². The van der Waals surface area contributed by atoms with Gasteiger partial charge in [-0.2, -0.15) is 0 Å². The van der Waals surface area contributed by atoms with E-state index in [0.29, 0.717) is 0 Å². The number of hydrogen-bond acceptors (Lipinski definition) is 1. The maximum atomic E-state index is 4.26. The molecule has 0 aliphatic carbocycles. The molecule has 0 amide bonds. The molecule has 2 heteroatoms. The Bertz CT molecular complexity index is 388. The van der Waals surface area contributed by atoms with Crippen LogP contribution in [0.5, 0.6) is 0 Å². The predicted octanol–water partition coefficient (Wildman–Crippen LogP) is 2.98. The second-order valence-electron chi connectivity index (χ2n) is 2.91. The van der Waals surface area contributed by atoms with Crippen LogP contribution in [0.1, 0.15) is 25.0 Å². The van der Waals surface area contributed by atoms with Crippen LogP contribution in [0.25, 0.3) is 5.65 Å². The van der Waals surface area contributed by atoms with E-state index in [1.54, 1.807) is 0 Å². The van der Waals surface area contributed by atoms with Crippen molar-refractivity contribution in [2.45, 2.75) is 27.7 Å². The normalized spacial score (nSPS) is 9.54. The topological polar surface area (TPSA) is 17.3 Å². The predicted molar refractivity (Wildman–Crippen MR) is 56.0 cm³/mol. The van der Waals surface area contributed by atoms with Gasteiger partial charge < -0.3 is 4.40 Å². The Balaban J connectivity index is 0.000000396. The SMILES string of the molecule is CC.Cc1cnc2cc(C)cn2c1. The first-order chi connectivity index (χ1) is 6.25. The fourth-order valence-electron chi connectivity index (χ4n) is 1.23. The molecule has 0 aromatic carbocycles. The fraction of sp³-hybridized carbons (Fsp3) is 0.364. The van der Waals surface area contributed by atoms with E-state index in [0.717, 1.165) is 5.65 Å². The van der Waals surface area contributed by atoms with Gasteiger partial charge in [-0.25, -0.2) is 4.98 Å². The van der Waals surface area contributed by atoms with Crippen LogP contribution in [0.2, 0.25) is 0 Å². The van der Waals surface area contributed by atoms with E-state index in [1.165, 1.54) is 11.1 Å². The smallest absolute Gasteiger partial charge is 0.136 e. The van der Waals surface area contributed by atoms with Crippen molar-refractivity contribution in [1.82, 2.24) is 9.38 Å². The van der Waals surface area contributed by atoms with E-state index in [9.17, 15) is 0 Å². The average Bonchev–Trinajstić information content (AvgIpc) is 2.48. The monoisotopic (exact) mass is 176 g/mol. The highest BCUT2D eigenvalue weighted by Gasteiger charge is 1.94. The minimum Gasteiger partial charge on any atom is -0.308 e. The Labute approximate surface area is 79.2 Å². The number of nitrogens with zero attached hydrogens (tertiary/aromatic N) is 2. The molecule has 2 heterocycles. The quantitative estimate of drug-likeness (QED) is 0.603. The molecule has 2 aromatic heterocycles. The van der Waals surface area contributed by atoms with Gasteiger partial charge >= 0.3 is 0 Å². The molecule has 0 aliphatic rings. The van der Waals surface area contributed by atoms with Gasteiger partial charge in [-0.15, -0.1) is 0 Å². The van der Waals surface area contributed by atoms with Gasteiger partial charge in [0.2, 0.25) is 0 Å². The third-order valence-corrected chi connectivity index (χ3v) is 1.71. The second kappa shape index (κ2) is 4.08. The lowest BCUT2D eigenvalue weighted by atomic mass is 10.4. The minimum atomic E-state index is 1.02. The number of hydrogen-bond donors (Lipinski definition) is 0. The number of aryl methyl sites for hydroxylation is 2. The second-order valence-corrected chi connectivity index (χ2v) is 2.91. The first kappa shape index (κ1) is 9.78. The van der Waals surface area contributed by atoms with Crippen LogP contribution in [0.3, 0.4) is 0 Å². The van der Waals surface area contributed by atoms with Crippen LogP contribution < -0.4 is 0 Å². The molecule has 2 nitrogen and oxygen atoms in total. The zero-order valence-corrected chi connectivity index (χ0v) is 8.70. The first-order valence-corrected chi connectivity index (χ1v) is 4.67. The number of fused-ring (bicyclic) bond motifs is 1. The molecule has 70 valence electrons. The van der Waals surface area contributed by atoms with Crippen molar-refractivity contribution >= 4 is 5.65 Å². The maximum absolute atomic E-state index is 4.26. The highest BCUT2D eigenvalue weighted by Crippen LogP contribution is 2.06. The lowest BCUT2D eigenvalue weighted by molar-refractivity contribution is 1.10. The van der Waals surface area contributed by atoms with Crippen molar-refractivity contribution in [3.63, 3.8) is 0 Å². The van der Waals surface area contributed by atoms with Crippen LogP contribution in [0.15, 0.2) is 24.7 Å². The minimum absolute atomic E-state index is 1.02. The first-order valence-electron chi connectivity index (χ1n) is 4.67. The Morgan fingerprint density at radius 1 is 1.08 bits per heavy atom. The number of aromatic nitrogens is 2. The van der Waals surface area contributed by atoms with Gasteiger partial charge in [0, 0.05) is 18.6 Å². The summed E-state index contributed by atoms with van der Waals surface area (Å²) >= 11 is 0. The van der Waals surface area contributed by atoms with Crippen LogP contribution in [0, 0.1) is 13.8 Å². The van der Waals surface area contributed by atoms with Gasteiger partial charge in [-0.3, -0.25) is 0 Å². The summed E-state index contributed by atoms with van der Waals surface area (Å²) in [5.74, 6) is 0. The molecule has 0 bridgehead atoms. The maximum Gasteiger partial charge on any atom is 0.136 e. The molecule has 0 aliphatic heterocycles. The summed E-state index contributed by atoms with van der Waals surface area (Å²) in [6.45, 7) is 8.12. The standard InChI is InChI=1S/C9H10N2.C2H6/c1-7-3-9-10-4-8(2)6-11(9)5-7;1-2/h3-6H,1-2H3;1-2H3. The summed E-state index contributed by atoms with van der Waals surface area (Å²) in [4.78, 5) is 4.26. The Hall–Kier alpha value is -1.31. The largest absolute Gasteiger partial charge is 0.308 e. The molecular weight excluding hydrogens is 160 g/mol. The molecule has 2 aromatic rings. The third-order valence-electron chi connectivity index (χ3n) is 1.71. The van der Waals surface area contributed by atoms with Gasteiger partial charge in [-0.05, 0) is 31.0 Å². The summed E-state index contributed by atoms with van der Waals surface area (Å²) in [7, 11) is 0. The van der Waals surface area contributed by atoms with E-state index in [4.69, 9.17) is 0 Å². The summed E-state index contributed by atoms with van der Waals surface area (Å²) in [6, 6.07) is 2.07. The van der Waals surface area contributed by atoms with Crippen molar-refractivity contribution in [3.8, 4) is 0 Å². The molecular formula is C11H16N2. The van der Waals surface area contributed by atoms with Crippen LogP contribution >= 0.6 is 0 Å². The molecule has 0 radical (unpaired) electrons. The van der Waals surface area contributed by atoms with Crippen LogP contribution in [0.4, 0.5) is 0 Å². The fourth-order valence-corrected chi connectivity index (χ4v) is 1.23. The van der Waals surface area contributed by atoms with Crippen molar-refractivity contribution < 1.29 is 0 Å². The summed E-state index contributed by atoms with van der Waals surface area (Å²) in [5, 5.41) is 0. The van der Waals surface area contributed by atoms with Crippen LogP contribution in [-0.2, 0) is 0 Å². The zero-order chi connectivity index (χ0) is 9.84. The van der Waals surface area contributed by atoms with Gasteiger partial charge in [0.1, 0.15) is 5.65 Å². The Morgan fingerprint density at radius 2 is 1.69 bits per heavy atom. The molecule has 0 saturated carbocycles. The zero-order valence-electron chi connectivity index (χ0n) is 8.70. The molecule has 0 N–H and O–H groups in total. The Kier molecular flexibility index (Phi) is 3.07. The summed E-state index contributed by atoms with van der Waals surface area (Å²) < 4.78 is 2.05. The molecule has 13 heavy (non-hydrogen) atoms. The van der Waals surface area contributed by atoms with Crippen LogP contribution in [-0.4, -0.2) is 9.38 Å². The highest BCUT2D eigenvalue weighted by atomic mass is 15.0. The molecule has 0 saturated heterocycles. The van der Waals surface area contributed by atoms with Crippen molar-refractivity contribution in [2.75, 3.05) is 0 Å². The average molecular weight is 176 g/mol. The molecule has 0 unspecified atom stereocenters. The molecule has 0 spiro atoms. The third kappa shape index (κ3) is 2.08. The molecule has 2 rings (SSSR count). The highest BCUT2D eigenvalue weighted by molar-refractivity contribution is 5.42. The van der Waals surface area contributed by atoms with E-state index >= 15 is 0 Å². The lowest BCUT2D eigenvalue weighted by Gasteiger charge is -1.93. The Morgan fingerprint density at radius 3 is 2.38 bits per heavy atom. The summed E-state index contributed by atoms with van der Waals surface area (Å²) in [5.41, 5.74) is 3.46. The molecule has 0 atom stereocenters. The number of rotatable bonds is 0. The lowest BCUT2D eigenvalue weighted by Crippen LogP contribution is -1.85. The van der Waals surface area contributed by atoms with E-state index in [1.807, 2.05) is 31.4 Å². The van der Waals surface area contributed by atoms with Gasteiger partial charge in [0.25, 0.3) is 0 Å². The van der Waals surface area contributed by atoms with Crippen molar-refractivity contribution in [2.24, 2.45) is 0 Å².